The summed E-state index contributed by atoms with van der Waals surface area (Å²) in [5, 5.41) is 8.44. The zero-order chi connectivity index (χ0) is 18.9. The Bertz CT molecular complexity index is 951. The SMILES string of the molecule is O=C(Nc1ccc(Cl)cc1C(F)(F)F)c1cc(-c2ccc(F)cc2)n[nH]1. The zero-order valence-electron chi connectivity index (χ0n) is 12.9. The standard InChI is InChI=1S/C17H10ClF4N3O/c18-10-3-6-13(12(7-10)17(20,21)22)23-16(26)15-8-14(24-25-15)9-1-4-11(19)5-2-9/h1-8H,(H,23,26)(H,24,25). The average molecular weight is 384 g/mol. The Balaban J connectivity index is 1.85. The van der Waals surface area contributed by atoms with E-state index in [4.69, 9.17) is 11.6 Å². The molecule has 1 aromatic heterocycles. The van der Waals surface area contributed by atoms with Crippen molar-refractivity contribution >= 4 is 23.2 Å². The first-order valence-corrected chi connectivity index (χ1v) is 7.61. The highest BCUT2D eigenvalue weighted by molar-refractivity contribution is 6.30. The third-order valence-corrected chi connectivity index (χ3v) is 3.73. The number of carbonyl (C=O) groups excluding carboxylic acids is 1. The van der Waals surface area contributed by atoms with Crippen molar-refractivity contribution in [2.45, 2.75) is 6.18 Å². The van der Waals surface area contributed by atoms with E-state index in [1.54, 1.807) is 0 Å². The van der Waals surface area contributed by atoms with Gasteiger partial charge >= 0.3 is 6.18 Å². The molecular formula is C17H10ClF4N3O. The van der Waals surface area contributed by atoms with Gasteiger partial charge in [0.25, 0.3) is 5.91 Å². The van der Waals surface area contributed by atoms with E-state index in [1.807, 2.05) is 0 Å². The van der Waals surface area contributed by atoms with E-state index in [1.165, 1.54) is 36.4 Å². The maximum atomic E-state index is 13.1. The smallest absolute Gasteiger partial charge is 0.320 e. The Morgan fingerprint density at radius 3 is 2.42 bits per heavy atom. The van der Waals surface area contributed by atoms with E-state index in [2.05, 4.69) is 15.5 Å². The molecule has 0 saturated carbocycles. The van der Waals surface area contributed by atoms with Crippen LogP contribution in [0, 0.1) is 5.82 Å². The average Bonchev–Trinajstić information content (AvgIpc) is 3.06. The van der Waals surface area contributed by atoms with Crippen LogP contribution in [0.5, 0.6) is 0 Å². The van der Waals surface area contributed by atoms with Gasteiger partial charge in [-0.25, -0.2) is 4.39 Å². The maximum absolute atomic E-state index is 13.1. The molecule has 0 saturated heterocycles. The molecule has 1 amide bonds. The number of carbonyl (C=O) groups is 1. The topological polar surface area (TPSA) is 57.8 Å². The molecule has 3 rings (SSSR count). The Hall–Kier alpha value is -2.87. The van der Waals surface area contributed by atoms with Gasteiger partial charge in [0.05, 0.1) is 16.9 Å². The summed E-state index contributed by atoms with van der Waals surface area (Å²) in [6.45, 7) is 0. The number of amides is 1. The fourth-order valence-electron chi connectivity index (χ4n) is 2.26. The summed E-state index contributed by atoms with van der Waals surface area (Å²) in [6, 6.07) is 9.78. The minimum atomic E-state index is -4.68. The van der Waals surface area contributed by atoms with Crippen LogP contribution in [0.15, 0.2) is 48.5 Å². The summed E-state index contributed by atoms with van der Waals surface area (Å²) >= 11 is 5.60. The first kappa shape index (κ1) is 17.9. The monoisotopic (exact) mass is 383 g/mol. The normalized spacial score (nSPS) is 11.4. The molecule has 0 spiro atoms. The van der Waals surface area contributed by atoms with E-state index >= 15 is 0 Å². The van der Waals surface area contributed by atoms with Crippen molar-refractivity contribution in [2.24, 2.45) is 0 Å². The van der Waals surface area contributed by atoms with Crippen molar-refractivity contribution in [3.63, 3.8) is 0 Å². The Morgan fingerprint density at radius 1 is 1.08 bits per heavy atom. The number of alkyl halides is 3. The number of hydrogen-bond acceptors (Lipinski definition) is 2. The highest BCUT2D eigenvalue weighted by Crippen LogP contribution is 2.36. The molecule has 134 valence electrons. The summed E-state index contributed by atoms with van der Waals surface area (Å²) < 4.78 is 52.2. The highest BCUT2D eigenvalue weighted by atomic mass is 35.5. The van der Waals surface area contributed by atoms with Crippen molar-refractivity contribution in [1.82, 2.24) is 10.2 Å². The number of H-pyrrole nitrogens is 1. The minimum Gasteiger partial charge on any atom is -0.320 e. The lowest BCUT2D eigenvalue weighted by molar-refractivity contribution is -0.136. The first-order chi connectivity index (χ1) is 12.2. The van der Waals surface area contributed by atoms with Crippen molar-refractivity contribution in [3.8, 4) is 11.3 Å². The second-order valence-corrected chi connectivity index (χ2v) is 5.75. The number of benzene rings is 2. The van der Waals surface area contributed by atoms with Gasteiger partial charge in [0.15, 0.2) is 0 Å². The van der Waals surface area contributed by atoms with Crippen LogP contribution in [-0.2, 0) is 6.18 Å². The third kappa shape index (κ3) is 3.85. The molecule has 2 N–H and O–H groups in total. The van der Waals surface area contributed by atoms with Gasteiger partial charge in [0.1, 0.15) is 11.5 Å². The lowest BCUT2D eigenvalue weighted by atomic mass is 10.1. The molecule has 0 aliphatic heterocycles. The van der Waals surface area contributed by atoms with Gasteiger partial charge in [0, 0.05) is 10.6 Å². The van der Waals surface area contributed by atoms with E-state index in [0.717, 1.165) is 12.1 Å². The Kier molecular flexibility index (Phi) is 4.69. The predicted octanol–water partition coefficient (Wildman–Crippen LogP) is 5.14. The molecule has 3 aromatic rings. The van der Waals surface area contributed by atoms with Crippen molar-refractivity contribution in [2.75, 3.05) is 5.32 Å². The Morgan fingerprint density at radius 2 is 1.77 bits per heavy atom. The van der Waals surface area contributed by atoms with Crippen LogP contribution in [0.25, 0.3) is 11.3 Å². The number of aromatic nitrogens is 2. The third-order valence-electron chi connectivity index (χ3n) is 3.50. The van der Waals surface area contributed by atoms with E-state index in [-0.39, 0.29) is 10.7 Å². The van der Waals surface area contributed by atoms with Gasteiger partial charge in [-0.1, -0.05) is 11.6 Å². The Labute approximate surface area is 149 Å². The molecule has 0 unspecified atom stereocenters. The molecule has 1 heterocycles. The van der Waals surface area contributed by atoms with Crippen molar-refractivity contribution < 1.29 is 22.4 Å². The van der Waals surface area contributed by atoms with Gasteiger partial charge in [0.2, 0.25) is 0 Å². The van der Waals surface area contributed by atoms with Crippen LogP contribution in [0.2, 0.25) is 5.02 Å². The molecular weight excluding hydrogens is 374 g/mol. The number of hydrogen-bond donors (Lipinski definition) is 2. The molecule has 4 nitrogen and oxygen atoms in total. The largest absolute Gasteiger partial charge is 0.418 e. The molecule has 0 aliphatic carbocycles. The maximum Gasteiger partial charge on any atom is 0.418 e. The van der Waals surface area contributed by atoms with Crippen LogP contribution in [-0.4, -0.2) is 16.1 Å². The molecule has 0 fully saturated rings. The van der Waals surface area contributed by atoms with Gasteiger partial charge in [-0.05, 0) is 48.5 Å². The molecule has 0 radical (unpaired) electrons. The highest BCUT2D eigenvalue weighted by Gasteiger charge is 2.34. The summed E-state index contributed by atoms with van der Waals surface area (Å²) in [4.78, 5) is 12.2. The van der Waals surface area contributed by atoms with E-state index in [9.17, 15) is 22.4 Å². The lowest BCUT2D eigenvalue weighted by Gasteiger charge is -2.13. The minimum absolute atomic E-state index is 0.0487. The predicted molar refractivity (Wildman–Crippen MR) is 88.4 cm³/mol. The van der Waals surface area contributed by atoms with Crippen LogP contribution in [0.4, 0.5) is 23.2 Å². The molecule has 26 heavy (non-hydrogen) atoms. The van der Waals surface area contributed by atoms with Crippen molar-refractivity contribution in [1.29, 1.82) is 0 Å². The fourth-order valence-corrected chi connectivity index (χ4v) is 2.43. The lowest BCUT2D eigenvalue weighted by Crippen LogP contribution is -2.17. The summed E-state index contributed by atoms with van der Waals surface area (Å²) in [7, 11) is 0. The van der Waals surface area contributed by atoms with E-state index < -0.39 is 29.2 Å². The molecule has 9 heteroatoms. The molecule has 0 bridgehead atoms. The second kappa shape index (κ2) is 6.80. The van der Waals surface area contributed by atoms with Crippen LogP contribution < -0.4 is 5.32 Å². The molecule has 0 atom stereocenters. The molecule has 2 aromatic carbocycles. The summed E-state index contributed by atoms with van der Waals surface area (Å²) in [5.41, 5.74) is -0.639. The summed E-state index contributed by atoms with van der Waals surface area (Å²) in [5.74, 6) is -1.23. The van der Waals surface area contributed by atoms with Gasteiger partial charge in [-0.15, -0.1) is 0 Å². The second-order valence-electron chi connectivity index (χ2n) is 5.32. The van der Waals surface area contributed by atoms with Gasteiger partial charge in [-0.2, -0.15) is 18.3 Å². The van der Waals surface area contributed by atoms with Crippen LogP contribution >= 0.6 is 11.6 Å². The number of anilines is 1. The van der Waals surface area contributed by atoms with Gasteiger partial charge < -0.3 is 5.32 Å². The number of aromatic amines is 1. The number of rotatable bonds is 3. The molecule has 0 aliphatic rings. The van der Waals surface area contributed by atoms with Gasteiger partial charge in [-0.3, -0.25) is 9.89 Å². The number of nitrogens with zero attached hydrogens (tertiary/aromatic N) is 1. The number of nitrogens with one attached hydrogen (secondary N) is 2. The van der Waals surface area contributed by atoms with Crippen LogP contribution in [0.3, 0.4) is 0 Å². The summed E-state index contributed by atoms with van der Waals surface area (Å²) in [6.07, 6.45) is -4.68. The number of halogens is 5. The quantitative estimate of drug-likeness (QED) is 0.615. The van der Waals surface area contributed by atoms with E-state index in [0.29, 0.717) is 11.3 Å². The zero-order valence-corrected chi connectivity index (χ0v) is 13.6. The van der Waals surface area contributed by atoms with Crippen LogP contribution in [0.1, 0.15) is 16.1 Å². The van der Waals surface area contributed by atoms with Crippen molar-refractivity contribution in [3.05, 3.63) is 70.6 Å². The fraction of sp³-hybridized carbons (Fsp3) is 0.0588. The first-order valence-electron chi connectivity index (χ1n) is 7.23.